The van der Waals surface area contributed by atoms with Gasteiger partial charge in [0.15, 0.2) is 0 Å². The van der Waals surface area contributed by atoms with Crippen molar-refractivity contribution in [1.29, 1.82) is 0 Å². The van der Waals surface area contributed by atoms with Crippen LogP contribution >= 0.6 is 23.2 Å². The van der Waals surface area contributed by atoms with Gasteiger partial charge in [0.1, 0.15) is 5.75 Å². The van der Waals surface area contributed by atoms with Gasteiger partial charge < -0.3 is 19.1 Å². The number of nitrogens with zero attached hydrogens (tertiary/aromatic N) is 1. The van der Waals surface area contributed by atoms with E-state index in [4.69, 9.17) is 32.7 Å². The van der Waals surface area contributed by atoms with E-state index in [2.05, 4.69) is 4.74 Å². The number of carbonyl (C=O) groups excluding carboxylic acids is 1. The normalized spacial score (nSPS) is 16.9. The number of amides is 1. The average molecular weight is 446 g/mol. The van der Waals surface area contributed by atoms with Crippen LogP contribution in [-0.4, -0.2) is 49.8 Å². The molecule has 1 amide bonds. The van der Waals surface area contributed by atoms with Crippen molar-refractivity contribution < 1.29 is 27.8 Å². The van der Waals surface area contributed by atoms with Gasteiger partial charge in [-0.25, -0.2) is 0 Å². The molecule has 156 valence electrons. The molecule has 5 nitrogen and oxygen atoms in total. The first kappa shape index (κ1) is 21.8. The fourth-order valence-electron chi connectivity index (χ4n) is 2.93. The zero-order valence-electron chi connectivity index (χ0n) is 15.3. The number of morpholine rings is 1. The zero-order chi connectivity index (χ0) is 20.8. The molecule has 1 aliphatic rings. The van der Waals surface area contributed by atoms with Crippen molar-refractivity contribution in [3.8, 4) is 5.75 Å². The Kier molecular flexibility index (Phi) is 7.66. The largest absolute Gasteiger partial charge is 0.435 e. The molecule has 9 heteroatoms. The third-order valence-electron chi connectivity index (χ3n) is 4.36. The van der Waals surface area contributed by atoms with E-state index in [1.807, 2.05) is 0 Å². The monoisotopic (exact) mass is 445 g/mol. The van der Waals surface area contributed by atoms with Crippen LogP contribution in [0.4, 0.5) is 8.78 Å². The van der Waals surface area contributed by atoms with E-state index in [1.54, 1.807) is 23.1 Å². The molecule has 0 aromatic heterocycles. The lowest BCUT2D eigenvalue weighted by Crippen LogP contribution is -2.47. The number of benzene rings is 2. The van der Waals surface area contributed by atoms with Crippen LogP contribution in [0.5, 0.6) is 5.75 Å². The summed E-state index contributed by atoms with van der Waals surface area (Å²) >= 11 is 12.2. The average Bonchev–Trinajstić information content (AvgIpc) is 2.70. The van der Waals surface area contributed by atoms with Gasteiger partial charge >= 0.3 is 6.61 Å². The molecule has 0 bridgehead atoms. The molecule has 0 radical (unpaired) electrons. The maximum Gasteiger partial charge on any atom is 0.387 e. The number of hydrogen-bond acceptors (Lipinski definition) is 4. The number of carbonyl (C=O) groups is 1. The van der Waals surface area contributed by atoms with E-state index in [0.29, 0.717) is 40.9 Å². The number of ether oxygens (including phenoxy) is 3. The minimum absolute atomic E-state index is 0.00281. The Bertz CT molecular complexity index is 815. The molecule has 29 heavy (non-hydrogen) atoms. The van der Waals surface area contributed by atoms with Gasteiger partial charge in [0.05, 0.1) is 25.9 Å². The number of alkyl halides is 2. The molecule has 2 aromatic rings. The van der Waals surface area contributed by atoms with E-state index in [0.717, 1.165) is 0 Å². The molecule has 0 aliphatic carbocycles. The van der Waals surface area contributed by atoms with Crippen LogP contribution in [0.1, 0.15) is 15.9 Å². The van der Waals surface area contributed by atoms with Gasteiger partial charge in [0.2, 0.25) is 0 Å². The molecule has 0 N–H and O–H groups in total. The second-order valence-corrected chi connectivity index (χ2v) is 7.18. The summed E-state index contributed by atoms with van der Waals surface area (Å²) in [4.78, 5) is 14.3. The van der Waals surface area contributed by atoms with Gasteiger partial charge in [-0.05, 0) is 36.4 Å². The predicted molar refractivity (Wildman–Crippen MR) is 105 cm³/mol. The Labute approximate surface area is 177 Å². The molecule has 1 atom stereocenters. The summed E-state index contributed by atoms with van der Waals surface area (Å²) in [5.74, 6) is -0.209. The van der Waals surface area contributed by atoms with E-state index < -0.39 is 6.61 Å². The standard InChI is InChI=1S/C20H19Cl2F2NO4/c21-17-2-1-3-18(22)16(17)12-27-11-15-10-25(8-9-28-15)19(26)13-4-6-14(7-5-13)29-20(23)24/h1-7,15,20H,8-12H2. The predicted octanol–water partition coefficient (Wildman–Crippen LogP) is 4.65. The molecule has 1 aliphatic heterocycles. The molecule has 1 saturated heterocycles. The maximum absolute atomic E-state index is 12.7. The summed E-state index contributed by atoms with van der Waals surface area (Å²) in [6.45, 7) is -1.24. The number of halogens is 4. The Morgan fingerprint density at radius 2 is 1.86 bits per heavy atom. The third-order valence-corrected chi connectivity index (χ3v) is 5.07. The lowest BCUT2D eigenvalue weighted by molar-refractivity contribution is -0.0647. The molecule has 0 spiro atoms. The minimum atomic E-state index is -2.91. The second-order valence-electron chi connectivity index (χ2n) is 6.36. The zero-order valence-corrected chi connectivity index (χ0v) is 16.8. The van der Waals surface area contributed by atoms with E-state index in [9.17, 15) is 13.6 Å². The first-order valence-electron chi connectivity index (χ1n) is 8.90. The van der Waals surface area contributed by atoms with Crippen molar-refractivity contribution in [3.05, 3.63) is 63.6 Å². The summed E-state index contributed by atoms with van der Waals surface area (Å²) in [6.07, 6.45) is -0.296. The molecule has 3 rings (SSSR count). The third kappa shape index (κ3) is 6.02. The van der Waals surface area contributed by atoms with Crippen molar-refractivity contribution in [2.24, 2.45) is 0 Å². The number of rotatable bonds is 7. The summed E-state index contributed by atoms with van der Waals surface area (Å²) < 4.78 is 40.1. The van der Waals surface area contributed by atoms with Crippen LogP contribution < -0.4 is 4.74 Å². The molecule has 0 saturated carbocycles. The van der Waals surface area contributed by atoms with Crippen LogP contribution in [0, 0.1) is 0 Å². The summed E-state index contributed by atoms with van der Waals surface area (Å²) in [7, 11) is 0. The first-order valence-corrected chi connectivity index (χ1v) is 9.66. The molecular formula is C20H19Cl2F2NO4. The van der Waals surface area contributed by atoms with E-state index in [-0.39, 0.29) is 31.0 Å². The van der Waals surface area contributed by atoms with Crippen molar-refractivity contribution in [2.45, 2.75) is 19.3 Å². The molecule has 1 heterocycles. The second kappa shape index (κ2) is 10.2. The highest BCUT2D eigenvalue weighted by Gasteiger charge is 2.25. The quantitative estimate of drug-likeness (QED) is 0.621. The van der Waals surface area contributed by atoms with Crippen molar-refractivity contribution in [1.82, 2.24) is 4.90 Å². The summed E-state index contributed by atoms with van der Waals surface area (Å²) in [6, 6.07) is 10.8. The number of hydrogen-bond donors (Lipinski definition) is 0. The first-order chi connectivity index (χ1) is 13.9. The highest BCUT2D eigenvalue weighted by atomic mass is 35.5. The van der Waals surface area contributed by atoms with Crippen LogP contribution in [-0.2, 0) is 16.1 Å². The van der Waals surface area contributed by atoms with E-state index in [1.165, 1.54) is 24.3 Å². The maximum atomic E-state index is 12.7. The van der Waals surface area contributed by atoms with Gasteiger partial charge in [0.25, 0.3) is 5.91 Å². The summed E-state index contributed by atoms with van der Waals surface area (Å²) in [5.41, 5.74) is 1.08. The van der Waals surface area contributed by atoms with Crippen LogP contribution in [0.3, 0.4) is 0 Å². The van der Waals surface area contributed by atoms with Crippen molar-refractivity contribution >= 4 is 29.1 Å². The Morgan fingerprint density at radius 1 is 1.17 bits per heavy atom. The van der Waals surface area contributed by atoms with Crippen molar-refractivity contribution in [2.75, 3.05) is 26.3 Å². The fourth-order valence-corrected chi connectivity index (χ4v) is 3.44. The highest BCUT2D eigenvalue weighted by molar-refractivity contribution is 6.35. The van der Waals surface area contributed by atoms with Gasteiger partial charge in [0, 0.05) is 34.3 Å². The van der Waals surface area contributed by atoms with Gasteiger partial charge in [-0.15, -0.1) is 0 Å². The van der Waals surface area contributed by atoms with Crippen molar-refractivity contribution in [3.63, 3.8) is 0 Å². The van der Waals surface area contributed by atoms with E-state index >= 15 is 0 Å². The lowest BCUT2D eigenvalue weighted by atomic mass is 10.1. The van der Waals surface area contributed by atoms with Gasteiger partial charge in [-0.3, -0.25) is 4.79 Å². The molecule has 2 aromatic carbocycles. The van der Waals surface area contributed by atoms with Gasteiger partial charge in [-0.2, -0.15) is 8.78 Å². The Balaban J connectivity index is 1.52. The SMILES string of the molecule is O=C(c1ccc(OC(F)F)cc1)N1CCOC(COCc2c(Cl)cccc2Cl)C1. The summed E-state index contributed by atoms with van der Waals surface area (Å²) in [5, 5.41) is 1.05. The lowest BCUT2D eigenvalue weighted by Gasteiger charge is -2.33. The van der Waals surface area contributed by atoms with Crippen LogP contribution in [0.2, 0.25) is 10.0 Å². The minimum Gasteiger partial charge on any atom is -0.435 e. The highest BCUT2D eigenvalue weighted by Crippen LogP contribution is 2.25. The Morgan fingerprint density at radius 3 is 2.52 bits per heavy atom. The molecular weight excluding hydrogens is 427 g/mol. The van der Waals surface area contributed by atoms with Crippen LogP contribution in [0.25, 0.3) is 0 Å². The van der Waals surface area contributed by atoms with Crippen LogP contribution in [0.15, 0.2) is 42.5 Å². The fraction of sp³-hybridized carbons (Fsp3) is 0.350. The molecule has 1 fully saturated rings. The topological polar surface area (TPSA) is 48.0 Å². The Hall–Kier alpha value is -1.93. The molecule has 1 unspecified atom stereocenters. The van der Waals surface area contributed by atoms with Gasteiger partial charge in [-0.1, -0.05) is 29.3 Å². The smallest absolute Gasteiger partial charge is 0.387 e.